The quantitative estimate of drug-likeness (QED) is 0.0261. The predicted octanol–water partition coefficient (Wildman–Crippen LogP) is 1.15. The van der Waals surface area contributed by atoms with E-state index in [1.54, 1.807) is 13.8 Å². The van der Waals surface area contributed by atoms with Gasteiger partial charge in [0.25, 0.3) is 0 Å². The number of ether oxygens (including phenoxy) is 3. The van der Waals surface area contributed by atoms with Crippen LogP contribution in [0.25, 0.3) is 0 Å². The third-order valence-electron chi connectivity index (χ3n) is 9.15. The van der Waals surface area contributed by atoms with E-state index in [4.69, 9.17) is 50.0 Å². The monoisotopic (exact) mass is 1120 g/mol. The number of cyclic esters (lactones) is 2. The molecule has 64 heavy (non-hydrogen) atoms. The molecule has 19 nitrogen and oxygen atoms in total. The average Bonchev–Trinajstić information content (AvgIpc) is 3.24. The van der Waals surface area contributed by atoms with Crippen molar-refractivity contribution in [2.24, 2.45) is 27.1 Å². The van der Waals surface area contributed by atoms with E-state index in [2.05, 4.69) is 48.6 Å². The summed E-state index contributed by atoms with van der Waals surface area (Å²) in [6, 6.07) is 0. The second kappa shape index (κ2) is 32.5. The molecular weight excluding hydrogens is 1050 g/mol. The van der Waals surface area contributed by atoms with Crippen LogP contribution in [0.2, 0.25) is 0 Å². The lowest BCUT2D eigenvalue weighted by Gasteiger charge is -2.38. The molecular formula is C37H73BrO19S7. The van der Waals surface area contributed by atoms with Gasteiger partial charge >= 0.3 is 6.16 Å². The fraction of sp³-hybridized carbons (Fsp3) is 0.865. The molecule has 0 bridgehead atoms. The smallest absolute Gasteiger partial charge is 0.434 e. The van der Waals surface area contributed by atoms with Crippen molar-refractivity contribution < 1.29 is 88.4 Å². The van der Waals surface area contributed by atoms with Crippen molar-refractivity contribution in [3.05, 3.63) is 24.0 Å². The minimum absolute atomic E-state index is 0.00694. The standard InChI is InChI=1S/C11H18O7S3.C10H20O6S3.C6H12O2.C5H11BrO2.C5H12O2S/c1-3-20(13,14)9-21(15,16)5-4-19-8-11(2)6-17-10(12)18-7-11;1-3-18(13,14)9-19(15,16)5-4-17-8-10(2,6-11)7-12;1-2-6(3-7)4-8-5-6;2*1-5(2-6,3-7)4-8/h3H,1,4-9H2,2H3;3,11-12H,1,4-9H2,2H3;7H,2-5H2,1H3;7-8H,2-4H2,1H3;6-8H,2-4H2,1H3. The molecule has 0 spiro atoms. The molecule has 7 N–H and O–H groups in total. The van der Waals surface area contributed by atoms with Crippen LogP contribution in [0.5, 0.6) is 0 Å². The lowest BCUT2D eigenvalue weighted by molar-refractivity contribution is -0.138. The molecule has 2 saturated heterocycles. The molecule has 0 unspecified atom stereocenters. The summed E-state index contributed by atoms with van der Waals surface area (Å²) in [7, 11) is -14.9. The van der Waals surface area contributed by atoms with E-state index in [-0.39, 0.29) is 98.7 Å². The molecule has 0 aliphatic carbocycles. The van der Waals surface area contributed by atoms with Gasteiger partial charge in [-0.05, 0) is 6.42 Å². The normalized spacial score (nSPS) is 16.2. The van der Waals surface area contributed by atoms with E-state index in [0.29, 0.717) is 33.4 Å². The summed E-state index contributed by atoms with van der Waals surface area (Å²) in [5.74, 6) is 1.43. The SMILES string of the molecule is C=CS(=O)(=O)CS(=O)(=O)CCSCC(C)(CO)CO.C=CS(=O)(=O)CS(=O)(=O)CCSCC1(C)COC(=O)OC1.CC(CO)(CO)CBr.CC(CO)(CO)CS.CCC1(CO)COC1. The Morgan fingerprint density at radius 1 is 0.703 bits per heavy atom. The van der Waals surface area contributed by atoms with Gasteiger partial charge in [-0.25, -0.2) is 38.5 Å². The summed E-state index contributed by atoms with van der Waals surface area (Å²) in [6.07, 6.45) is 0.332. The van der Waals surface area contributed by atoms with Gasteiger partial charge in [-0.1, -0.05) is 63.7 Å². The molecule has 0 atom stereocenters. The van der Waals surface area contributed by atoms with Gasteiger partial charge in [-0.3, -0.25) is 0 Å². The maximum atomic E-state index is 11.6. The molecule has 2 rings (SSSR count). The average molecular weight is 1130 g/mol. The predicted molar refractivity (Wildman–Crippen MR) is 261 cm³/mol. The van der Waals surface area contributed by atoms with Crippen molar-refractivity contribution in [1.29, 1.82) is 0 Å². The number of thioether (sulfide) groups is 2. The maximum absolute atomic E-state index is 11.6. The molecule has 27 heteroatoms. The van der Waals surface area contributed by atoms with Crippen LogP contribution in [-0.2, 0) is 53.6 Å². The van der Waals surface area contributed by atoms with Gasteiger partial charge in [-0.2, -0.15) is 36.2 Å². The highest BCUT2D eigenvalue weighted by Gasteiger charge is 2.36. The largest absolute Gasteiger partial charge is 0.508 e. The minimum Gasteiger partial charge on any atom is -0.434 e. The number of sulfone groups is 4. The Bertz CT molecular complexity index is 1690. The van der Waals surface area contributed by atoms with Gasteiger partial charge in [0.05, 0.1) is 71.0 Å². The van der Waals surface area contributed by atoms with E-state index < -0.39 is 66.5 Å². The van der Waals surface area contributed by atoms with Crippen molar-refractivity contribution in [2.45, 2.75) is 41.0 Å². The molecule has 2 aliphatic heterocycles. The number of hydrogen-bond acceptors (Lipinski definition) is 22. The third kappa shape index (κ3) is 31.0. The molecule has 0 amide bonds. The number of carbonyl (C=O) groups is 1. The first-order chi connectivity index (χ1) is 29.4. The summed E-state index contributed by atoms with van der Waals surface area (Å²) in [5, 5.41) is 61.3. The number of aliphatic hydroxyl groups is 7. The van der Waals surface area contributed by atoms with E-state index in [1.165, 1.54) is 23.5 Å². The topological polar surface area (TPSA) is 323 Å². The van der Waals surface area contributed by atoms with Crippen molar-refractivity contribution in [1.82, 2.24) is 0 Å². The molecule has 2 aliphatic rings. The van der Waals surface area contributed by atoms with Gasteiger partial charge in [-0.15, -0.1) is 0 Å². The van der Waals surface area contributed by atoms with E-state index >= 15 is 0 Å². The first-order valence-corrected chi connectivity index (χ1v) is 30.6. The van der Waals surface area contributed by atoms with Gasteiger partial charge in [0.2, 0.25) is 0 Å². The molecule has 0 aromatic rings. The van der Waals surface area contributed by atoms with Gasteiger partial charge in [0.1, 0.15) is 13.2 Å². The zero-order chi connectivity index (χ0) is 50.6. The molecule has 0 aromatic carbocycles. The molecule has 0 saturated carbocycles. The highest BCUT2D eigenvalue weighted by atomic mass is 79.9. The van der Waals surface area contributed by atoms with E-state index in [1.807, 2.05) is 13.8 Å². The van der Waals surface area contributed by atoms with Crippen LogP contribution in [0.15, 0.2) is 24.0 Å². The molecule has 2 fully saturated rings. The van der Waals surface area contributed by atoms with Crippen LogP contribution in [0.3, 0.4) is 0 Å². The summed E-state index contributed by atoms with van der Waals surface area (Å²) in [5.41, 5.74) is -1.64. The van der Waals surface area contributed by atoms with Crippen LogP contribution in [0.4, 0.5) is 4.79 Å². The fourth-order valence-electron chi connectivity index (χ4n) is 3.58. The number of carbonyl (C=O) groups excluding carboxylic acids is 1. The first-order valence-electron chi connectivity index (χ1n) is 19.4. The lowest BCUT2D eigenvalue weighted by atomic mass is 9.84. The Balaban J connectivity index is -0.000000782. The summed E-state index contributed by atoms with van der Waals surface area (Å²) in [6.45, 7) is 17.2. The fourth-order valence-corrected chi connectivity index (χ4v) is 14.4. The van der Waals surface area contributed by atoms with E-state index in [9.17, 15) is 38.5 Å². The van der Waals surface area contributed by atoms with Crippen LogP contribution < -0.4 is 0 Å². The van der Waals surface area contributed by atoms with Gasteiger partial charge in [0, 0.05) is 72.0 Å². The molecule has 2 heterocycles. The Hall–Kier alpha value is -0.240. The summed E-state index contributed by atoms with van der Waals surface area (Å²) >= 11 is 9.71. The Kier molecular flexibility index (Phi) is 34.6. The zero-order valence-electron chi connectivity index (χ0n) is 37.4. The second-order valence-electron chi connectivity index (χ2n) is 16.7. The molecule has 384 valence electrons. The van der Waals surface area contributed by atoms with Crippen molar-refractivity contribution in [2.75, 3.05) is 128 Å². The Morgan fingerprint density at radius 3 is 1.33 bits per heavy atom. The maximum Gasteiger partial charge on any atom is 0.508 e. The number of rotatable bonds is 26. The summed E-state index contributed by atoms with van der Waals surface area (Å²) in [4.78, 5) is 10.8. The van der Waals surface area contributed by atoms with Crippen LogP contribution in [-0.4, -0.2) is 204 Å². The summed E-state index contributed by atoms with van der Waals surface area (Å²) < 4.78 is 106. The van der Waals surface area contributed by atoms with Crippen molar-refractivity contribution in [3.63, 3.8) is 0 Å². The number of aliphatic hydroxyl groups excluding tert-OH is 7. The highest BCUT2D eigenvalue weighted by molar-refractivity contribution is 9.09. The molecule has 0 radical (unpaired) electrons. The number of thiol groups is 1. The molecule has 0 aromatic heterocycles. The third-order valence-corrected chi connectivity index (χ3v) is 22.7. The van der Waals surface area contributed by atoms with Crippen molar-refractivity contribution >= 4 is 97.6 Å². The number of halogens is 1. The van der Waals surface area contributed by atoms with Gasteiger partial charge in [0.15, 0.2) is 49.5 Å². The Labute approximate surface area is 403 Å². The van der Waals surface area contributed by atoms with Crippen LogP contribution >= 0.6 is 52.1 Å². The lowest BCUT2D eigenvalue weighted by Crippen LogP contribution is -2.44. The second-order valence-corrected chi connectivity index (χ2v) is 28.8. The van der Waals surface area contributed by atoms with Gasteiger partial charge < -0.3 is 50.0 Å². The minimum atomic E-state index is -3.77. The van der Waals surface area contributed by atoms with E-state index in [0.717, 1.165) is 19.6 Å². The van der Waals surface area contributed by atoms with Crippen LogP contribution in [0, 0.1) is 27.1 Å². The Morgan fingerprint density at radius 2 is 1.09 bits per heavy atom. The highest BCUT2D eigenvalue weighted by Crippen LogP contribution is 2.30. The van der Waals surface area contributed by atoms with Crippen LogP contribution in [0.1, 0.15) is 41.0 Å². The number of hydrogen-bond donors (Lipinski definition) is 8. The van der Waals surface area contributed by atoms with Crippen molar-refractivity contribution in [3.8, 4) is 0 Å². The number of alkyl halides is 1. The zero-order valence-corrected chi connectivity index (χ0v) is 44.8. The first kappa shape index (κ1) is 68.0.